The van der Waals surface area contributed by atoms with Gasteiger partial charge in [-0.05, 0) is 36.8 Å². The van der Waals surface area contributed by atoms with Crippen molar-refractivity contribution in [2.75, 3.05) is 13.7 Å². The number of aromatic nitrogens is 2. The number of carbonyl (C=O) groups is 1. The summed E-state index contributed by atoms with van der Waals surface area (Å²) in [5.41, 5.74) is 1.96. The molecule has 0 unspecified atom stereocenters. The summed E-state index contributed by atoms with van der Waals surface area (Å²) in [7, 11) is 1.62. The van der Waals surface area contributed by atoms with Crippen LogP contribution in [0.5, 0.6) is 5.75 Å². The average molecular weight is 365 g/mol. The fourth-order valence-corrected chi connectivity index (χ4v) is 2.77. The second-order valence-electron chi connectivity index (χ2n) is 6.13. The molecular formula is C21H23N3O3. The second kappa shape index (κ2) is 8.98. The van der Waals surface area contributed by atoms with Gasteiger partial charge >= 0.3 is 0 Å². The first-order valence-electron chi connectivity index (χ1n) is 8.98. The monoisotopic (exact) mass is 365 g/mol. The van der Waals surface area contributed by atoms with E-state index in [4.69, 9.17) is 9.26 Å². The minimum Gasteiger partial charge on any atom is -0.497 e. The van der Waals surface area contributed by atoms with Gasteiger partial charge in [0.15, 0.2) is 0 Å². The van der Waals surface area contributed by atoms with E-state index in [2.05, 4.69) is 10.1 Å². The smallest absolute Gasteiger partial charge is 0.227 e. The molecule has 2 aromatic carbocycles. The molecule has 1 aromatic heterocycles. The second-order valence-corrected chi connectivity index (χ2v) is 6.13. The quantitative estimate of drug-likeness (QED) is 0.608. The van der Waals surface area contributed by atoms with Gasteiger partial charge in [0.05, 0.1) is 7.11 Å². The van der Waals surface area contributed by atoms with Gasteiger partial charge in [-0.25, -0.2) is 0 Å². The molecule has 0 aliphatic carbocycles. The van der Waals surface area contributed by atoms with Crippen LogP contribution in [0.4, 0.5) is 0 Å². The van der Waals surface area contributed by atoms with Crippen LogP contribution in [-0.4, -0.2) is 34.6 Å². The third-order valence-electron chi connectivity index (χ3n) is 4.32. The van der Waals surface area contributed by atoms with Crippen molar-refractivity contribution in [1.29, 1.82) is 0 Å². The van der Waals surface area contributed by atoms with Gasteiger partial charge in [-0.3, -0.25) is 4.79 Å². The maximum Gasteiger partial charge on any atom is 0.227 e. The molecule has 6 heteroatoms. The van der Waals surface area contributed by atoms with Crippen LogP contribution in [0.15, 0.2) is 59.1 Å². The maximum absolute atomic E-state index is 12.5. The van der Waals surface area contributed by atoms with Gasteiger partial charge in [0.2, 0.25) is 17.6 Å². The van der Waals surface area contributed by atoms with Gasteiger partial charge in [-0.15, -0.1) is 0 Å². The van der Waals surface area contributed by atoms with E-state index in [0.717, 1.165) is 16.9 Å². The van der Waals surface area contributed by atoms with E-state index in [1.807, 2.05) is 66.4 Å². The molecule has 1 amide bonds. The Bertz CT molecular complexity index is 860. The van der Waals surface area contributed by atoms with E-state index in [9.17, 15) is 4.79 Å². The van der Waals surface area contributed by atoms with Crippen molar-refractivity contribution in [3.05, 3.63) is 66.1 Å². The number of nitrogens with zero attached hydrogens (tertiary/aromatic N) is 3. The highest BCUT2D eigenvalue weighted by atomic mass is 16.5. The fourth-order valence-electron chi connectivity index (χ4n) is 2.77. The zero-order chi connectivity index (χ0) is 19.1. The summed E-state index contributed by atoms with van der Waals surface area (Å²) in [6, 6.07) is 17.4. The number of hydrogen-bond acceptors (Lipinski definition) is 5. The molecule has 0 fully saturated rings. The normalized spacial score (nSPS) is 10.6. The van der Waals surface area contributed by atoms with Crippen molar-refractivity contribution in [2.45, 2.75) is 26.3 Å². The number of ether oxygens (including phenoxy) is 1. The number of methoxy groups -OCH3 is 1. The lowest BCUT2D eigenvalue weighted by Crippen LogP contribution is -2.30. The topological polar surface area (TPSA) is 68.5 Å². The van der Waals surface area contributed by atoms with E-state index in [0.29, 0.717) is 37.6 Å². The van der Waals surface area contributed by atoms with Crippen molar-refractivity contribution in [3.8, 4) is 17.1 Å². The summed E-state index contributed by atoms with van der Waals surface area (Å²) in [6.07, 6.45) is 0.762. The van der Waals surface area contributed by atoms with Crippen LogP contribution in [0, 0.1) is 0 Å². The lowest BCUT2D eigenvalue weighted by molar-refractivity contribution is -0.131. The Labute approximate surface area is 158 Å². The maximum atomic E-state index is 12.5. The molecule has 0 radical (unpaired) electrons. The zero-order valence-corrected chi connectivity index (χ0v) is 15.6. The average Bonchev–Trinajstić information content (AvgIpc) is 3.20. The Balaban J connectivity index is 1.57. The molecule has 6 nitrogen and oxygen atoms in total. The van der Waals surface area contributed by atoms with Crippen LogP contribution in [0.25, 0.3) is 11.4 Å². The molecule has 0 atom stereocenters. The summed E-state index contributed by atoms with van der Waals surface area (Å²) in [4.78, 5) is 18.7. The molecule has 3 rings (SSSR count). The minimum atomic E-state index is 0.0746. The lowest BCUT2D eigenvalue weighted by Gasteiger charge is -2.20. The van der Waals surface area contributed by atoms with Gasteiger partial charge in [0, 0.05) is 31.5 Å². The van der Waals surface area contributed by atoms with Gasteiger partial charge < -0.3 is 14.2 Å². The van der Waals surface area contributed by atoms with E-state index in [-0.39, 0.29) is 5.91 Å². The Hall–Kier alpha value is -3.15. The molecule has 0 aliphatic rings. The van der Waals surface area contributed by atoms with Crippen molar-refractivity contribution < 1.29 is 14.1 Å². The van der Waals surface area contributed by atoms with E-state index >= 15 is 0 Å². The Kier molecular flexibility index (Phi) is 6.20. The summed E-state index contributed by atoms with van der Waals surface area (Å²) < 4.78 is 10.4. The molecule has 27 heavy (non-hydrogen) atoms. The van der Waals surface area contributed by atoms with Crippen LogP contribution >= 0.6 is 0 Å². The summed E-state index contributed by atoms with van der Waals surface area (Å²) in [5, 5.41) is 4.00. The molecule has 1 heterocycles. The molecule has 0 saturated heterocycles. The van der Waals surface area contributed by atoms with E-state index in [1.165, 1.54) is 0 Å². The van der Waals surface area contributed by atoms with E-state index < -0.39 is 0 Å². The van der Waals surface area contributed by atoms with Gasteiger partial charge in [-0.2, -0.15) is 4.98 Å². The SMILES string of the molecule is CCN(Cc1ccccc1)C(=O)CCc1nc(-c2ccc(OC)cc2)no1. The molecule has 0 aliphatic heterocycles. The summed E-state index contributed by atoms with van der Waals surface area (Å²) >= 11 is 0. The summed E-state index contributed by atoms with van der Waals surface area (Å²) in [5.74, 6) is 1.82. The molecule has 3 aromatic rings. The minimum absolute atomic E-state index is 0.0746. The number of hydrogen-bond donors (Lipinski definition) is 0. The van der Waals surface area contributed by atoms with Gasteiger partial charge in [0.25, 0.3) is 0 Å². The van der Waals surface area contributed by atoms with Crippen LogP contribution < -0.4 is 4.74 Å². The first-order valence-corrected chi connectivity index (χ1v) is 8.98. The predicted octanol–water partition coefficient (Wildman–Crippen LogP) is 3.73. The largest absolute Gasteiger partial charge is 0.497 e. The number of benzene rings is 2. The highest BCUT2D eigenvalue weighted by molar-refractivity contribution is 5.76. The molecule has 0 bridgehead atoms. The predicted molar refractivity (Wildman–Crippen MR) is 102 cm³/mol. The number of aryl methyl sites for hydroxylation is 1. The third-order valence-corrected chi connectivity index (χ3v) is 4.32. The van der Waals surface area contributed by atoms with Crippen LogP contribution in [0.3, 0.4) is 0 Å². The zero-order valence-electron chi connectivity index (χ0n) is 15.6. The lowest BCUT2D eigenvalue weighted by atomic mass is 10.2. The molecule has 0 saturated carbocycles. The highest BCUT2D eigenvalue weighted by Crippen LogP contribution is 2.20. The third kappa shape index (κ3) is 4.94. The summed E-state index contributed by atoms with van der Waals surface area (Å²) in [6.45, 7) is 3.25. The van der Waals surface area contributed by atoms with Crippen molar-refractivity contribution in [3.63, 3.8) is 0 Å². The Morgan fingerprint density at radius 1 is 1.11 bits per heavy atom. The highest BCUT2D eigenvalue weighted by Gasteiger charge is 2.15. The number of carbonyl (C=O) groups excluding carboxylic acids is 1. The Morgan fingerprint density at radius 3 is 2.52 bits per heavy atom. The molecule has 140 valence electrons. The van der Waals surface area contributed by atoms with Crippen LogP contribution in [0.1, 0.15) is 24.8 Å². The van der Waals surface area contributed by atoms with Crippen LogP contribution in [-0.2, 0) is 17.8 Å². The number of rotatable bonds is 8. The standard InChI is InChI=1S/C21H23N3O3/c1-3-24(15-16-7-5-4-6-8-16)20(25)14-13-19-22-21(23-27-19)17-9-11-18(26-2)12-10-17/h4-12H,3,13-15H2,1-2H3. The molecule has 0 N–H and O–H groups in total. The molecular weight excluding hydrogens is 342 g/mol. The first-order chi connectivity index (χ1) is 13.2. The van der Waals surface area contributed by atoms with Gasteiger partial charge in [0.1, 0.15) is 5.75 Å². The first kappa shape index (κ1) is 18.6. The molecule has 0 spiro atoms. The Morgan fingerprint density at radius 2 is 1.85 bits per heavy atom. The van der Waals surface area contributed by atoms with E-state index in [1.54, 1.807) is 7.11 Å². The van der Waals surface area contributed by atoms with Crippen molar-refractivity contribution in [1.82, 2.24) is 15.0 Å². The number of amides is 1. The van der Waals surface area contributed by atoms with Crippen molar-refractivity contribution in [2.24, 2.45) is 0 Å². The van der Waals surface area contributed by atoms with Crippen molar-refractivity contribution >= 4 is 5.91 Å². The van der Waals surface area contributed by atoms with Gasteiger partial charge in [-0.1, -0.05) is 35.5 Å². The fraction of sp³-hybridized carbons (Fsp3) is 0.286. The van der Waals surface area contributed by atoms with Crippen LogP contribution in [0.2, 0.25) is 0 Å².